The summed E-state index contributed by atoms with van der Waals surface area (Å²) in [5, 5.41) is 5.21. The van der Waals surface area contributed by atoms with E-state index in [1.807, 2.05) is 0 Å². The fourth-order valence-corrected chi connectivity index (χ4v) is 1.47. The molecule has 2 N–H and O–H groups in total. The van der Waals surface area contributed by atoms with Gasteiger partial charge in [-0.25, -0.2) is 0 Å². The topological polar surface area (TPSA) is 75.3 Å². The zero-order valence-corrected chi connectivity index (χ0v) is 10.6. The second-order valence-corrected chi connectivity index (χ2v) is 4.09. The van der Waals surface area contributed by atoms with Gasteiger partial charge in [-0.3, -0.25) is 14.4 Å². The molecular weight excluding hydrogens is 220 g/mol. The van der Waals surface area contributed by atoms with Gasteiger partial charge in [0.2, 0.25) is 11.8 Å². The van der Waals surface area contributed by atoms with E-state index in [0.29, 0.717) is 6.42 Å². The highest BCUT2D eigenvalue weighted by Crippen LogP contribution is 1.97. The Kier molecular flexibility index (Phi) is 6.86. The standard InChI is InChI=1S/C12H20N2O3/c1-5-6-11(14-10(4)16)12(17)13-8(2)7-9(3)15/h5,8,11H,1,6-7H2,2-4H3,(H,13,17)(H,14,16)/t8-,11?/m1/s1. The van der Waals surface area contributed by atoms with Crippen LogP contribution >= 0.6 is 0 Å². The minimum atomic E-state index is -0.626. The van der Waals surface area contributed by atoms with E-state index in [1.54, 1.807) is 13.0 Å². The van der Waals surface area contributed by atoms with Crippen LogP contribution in [0.25, 0.3) is 0 Å². The number of nitrogens with one attached hydrogen (secondary N) is 2. The van der Waals surface area contributed by atoms with E-state index < -0.39 is 6.04 Å². The molecule has 0 aromatic carbocycles. The number of carbonyl (C=O) groups excluding carboxylic acids is 3. The Morgan fingerprint density at radius 3 is 2.24 bits per heavy atom. The van der Waals surface area contributed by atoms with Crippen molar-refractivity contribution in [1.29, 1.82) is 0 Å². The summed E-state index contributed by atoms with van der Waals surface area (Å²) >= 11 is 0. The van der Waals surface area contributed by atoms with E-state index in [2.05, 4.69) is 17.2 Å². The van der Waals surface area contributed by atoms with Gasteiger partial charge in [0.15, 0.2) is 0 Å². The van der Waals surface area contributed by atoms with Gasteiger partial charge in [0.05, 0.1) is 0 Å². The predicted molar refractivity (Wildman–Crippen MR) is 65.3 cm³/mol. The summed E-state index contributed by atoms with van der Waals surface area (Å²) in [5.41, 5.74) is 0. The largest absolute Gasteiger partial charge is 0.351 e. The Morgan fingerprint density at radius 1 is 1.24 bits per heavy atom. The van der Waals surface area contributed by atoms with E-state index in [4.69, 9.17) is 0 Å². The fraction of sp³-hybridized carbons (Fsp3) is 0.583. The van der Waals surface area contributed by atoms with E-state index in [-0.39, 0.29) is 30.1 Å². The molecule has 0 aromatic heterocycles. The molecule has 5 nitrogen and oxygen atoms in total. The van der Waals surface area contributed by atoms with Crippen LogP contribution in [0.4, 0.5) is 0 Å². The lowest BCUT2D eigenvalue weighted by atomic mass is 10.1. The molecule has 2 atom stereocenters. The van der Waals surface area contributed by atoms with Crippen molar-refractivity contribution >= 4 is 17.6 Å². The zero-order valence-electron chi connectivity index (χ0n) is 10.6. The number of amides is 2. The molecule has 0 aliphatic heterocycles. The Hall–Kier alpha value is -1.65. The van der Waals surface area contributed by atoms with Crippen molar-refractivity contribution in [2.45, 2.75) is 45.7 Å². The first-order valence-corrected chi connectivity index (χ1v) is 5.54. The van der Waals surface area contributed by atoms with Gasteiger partial charge in [0, 0.05) is 19.4 Å². The summed E-state index contributed by atoms with van der Waals surface area (Å²) in [4.78, 5) is 33.6. The molecular formula is C12H20N2O3. The molecule has 96 valence electrons. The van der Waals surface area contributed by atoms with Crippen LogP contribution < -0.4 is 10.6 Å². The maximum atomic E-state index is 11.8. The lowest BCUT2D eigenvalue weighted by molar-refractivity contribution is -0.128. The summed E-state index contributed by atoms with van der Waals surface area (Å²) in [5.74, 6) is -0.558. The first-order chi connectivity index (χ1) is 7.86. The van der Waals surface area contributed by atoms with Crippen LogP contribution in [0.15, 0.2) is 12.7 Å². The molecule has 0 aromatic rings. The molecule has 0 aliphatic carbocycles. The monoisotopic (exact) mass is 240 g/mol. The van der Waals surface area contributed by atoms with Gasteiger partial charge in [0.25, 0.3) is 0 Å². The van der Waals surface area contributed by atoms with E-state index >= 15 is 0 Å². The van der Waals surface area contributed by atoms with E-state index in [0.717, 1.165) is 0 Å². The molecule has 0 radical (unpaired) electrons. The van der Waals surface area contributed by atoms with Crippen molar-refractivity contribution in [3.05, 3.63) is 12.7 Å². The van der Waals surface area contributed by atoms with Gasteiger partial charge in [-0.15, -0.1) is 6.58 Å². The molecule has 0 saturated heterocycles. The highest BCUT2D eigenvalue weighted by Gasteiger charge is 2.19. The van der Waals surface area contributed by atoms with Gasteiger partial charge in [-0.1, -0.05) is 6.08 Å². The third-order valence-corrected chi connectivity index (χ3v) is 2.08. The van der Waals surface area contributed by atoms with Crippen molar-refractivity contribution in [2.24, 2.45) is 0 Å². The maximum absolute atomic E-state index is 11.8. The Labute approximate surface area is 102 Å². The minimum Gasteiger partial charge on any atom is -0.351 e. The zero-order chi connectivity index (χ0) is 13.4. The van der Waals surface area contributed by atoms with Gasteiger partial charge in [0.1, 0.15) is 11.8 Å². The summed E-state index contributed by atoms with van der Waals surface area (Å²) in [6.45, 7) is 8.10. The van der Waals surface area contributed by atoms with Crippen LogP contribution in [0, 0.1) is 0 Å². The van der Waals surface area contributed by atoms with Gasteiger partial charge < -0.3 is 10.6 Å². The van der Waals surface area contributed by atoms with Crippen LogP contribution in [0.1, 0.15) is 33.6 Å². The molecule has 0 rings (SSSR count). The minimum absolute atomic E-state index is 0.0117. The Morgan fingerprint density at radius 2 is 1.82 bits per heavy atom. The van der Waals surface area contributed by atoms with Crippen molar-refractivity contribution < 1.29 is 14.4 Å². The third-order valence-electron chi connectivity index (χ3n) is 2.08. The number of rotatable bonds is 7. The molecule has 1 unspecified atom stereocenters. The molecule has 0 bridgehead atoms. The summed E-state index contributed by atoms with van der Waals surface area (Å²) in [6.07, 6.45) is 2.21. The molecule has 0 heterocycles. The third kappa shape index (κ3) is 7.27. The quantitative estimate of drug-likeness (QED) is 0.638. The van der Waals surface area contributed by atoms with Crippen LogP contribution in [0.3, 0.4) is 0 Å². The van der Waals surface area contributed by atoms with Gasteiger partial charge in [-0.05, 0) is 20.3 Å². The van der Waals surface area contributed by atoms with Gasteiger partial charge in [-0.2, -0.15) is 0 Å². The lowest BCUT2D eigenvalue weighted by Crippen LogP contribution is -2.48. The maximum Gasteiger partial charge on any atom is 0.243 e. The SMILES string of the molecule is C=CCC(NC(C)=O)C(=O)N[C@H](C)CC(C)=O. The first kappa shape index (κ1) is 15.3. The Bertz CT molecular complexity index is 313. The number of hydrogen-bond donors (Lipinski definition) is 2. The summed E-state index contributed by atoms with van der Waals surface area (Å²) in [6, 6.07) is -0.861. The smallest absolute Gasteiger partial charge is 0.243 e. The second kappa shape index (κ2) is 7.60. The molecule has 5 heteroatoms. The van der Waals surface area contributed by atoms with E-state index in [9.17, 15) is 14.4 Å². The van der Waals surface area contributed by atoms with Crippen LogP contribution in [0.2, 0.25) is 0 Å². The first-order valence-electron chi connectivity index (χ1n) is 5.54. The fourth-order valence-electron chi connectivity index (χ4n) is 1.47. The second-order valence-electron chi connectivity index (χ2n) is 4.09. The average molecular weight is 240 g/mol. The number of hydrogen-bond acceptors (Lipinski definition) is 3. The van der Waals surface area contributed by atoms with Crippen LogP contribution in [-0.4, -0.2) is 29.7 Å². The van der Waals surface area contributed by atoms with E-state index in [1.165, 1.54) is 13.8 Å². The molecule has 0 spiro atoms. The summed E-state index contributed by atoms with van der Waals surface area (Å²) < 4.78 is 0. The average Bonchev–Trinajstić information content (AvgIpc) is 2.14. The molecule has 2 amide bonds. The van der Waals surface area contributed by atoms with Crippen LogP contribution in [0.5, 0.6) is 0 Å². The number of Topliss-reactive ketones (excluding diaryl/α,β-unsaturated/α-hetero) is 1. The number of ketones is 1. The van der Waals surface area contributed by atoms with Crippen molar-refractivity contribution in [3.8, 4) is 0 Å². The highest BCUT2D eigenvalue weighted by molar-refractivity contribution is 5.87. The lowest BCUT2D eigenvalue weighted by Gasteiger charge is -2.19. The van der Waals surface area contributed by atoms with Crippen molar-refractivity contribution in [2.75, 3.05) is 0 Å². The van der Waals surface area contributed by atoms with Crippen molar-refractivity contribution in [1.82, 2.24) is 10.6 Å². The normalized spacial score (nSPS) is 13.4. The Balaban J connectivity index is 4.35. The number of carbonyl (C=O) groups is 3. The predicted octanol–water partition coefficient (Wildman–Crippen LogP) is 0.551. The molecule has 0 aliphatic rings. The van der Waals surface area contributed by atoms with Gasteiger partial charge >= 0.3 is 0 Å². The molecule has 0 saturated carbocycles. The highest BCUT2D eigenvalue weighted by atomic mass is 16.2. The summed E-state index contributed by atoms with van der Waals surface area (Å²) in [7, 11) is 0. The van der Waals surface area contributed by atoms with Crippen molar-refractivity contribution in [3.63, 3.8) is 0 Å². The molecule has 17 heavy (non-hydrogen) atoms. The van der Waals surface area contributed by atoms with Crippen LogP contribution in [-0.2, 0) is 14.4 Å². The molecule has 0 fully saturated rings.